The second-order valence-corrected chi connectivity index (χ2v) is 5.29. The number of hydrogen-bond acceptors (Lipinski definition) is 4. The van der Waals surface area contributed by atoms with E-state index in [0.717, 1.165) is 19.4 Å². The van der Waals surface area contributed by atoms with Gasteiger partial charge in [-0.1, -0.05) is 13.8 Å². The van der Waals surface area contributed by atoms with E-state index in [9.17, 15) is 5.11 Å². The Morgan fingerprint density at radius 2 is 2.19 bits per heavy atom. The van der Waals surface area contributed by atoms with Crippen molar-refractivity contribution in [3.8, 4) is 0 Å². The molecule has 0 saturated carbocycles. The second-order valence-electron chi connectivity index (χ2n) is 4.37. The fourth-order valence-corrected chi connectivity index (χ4v) is 2.34. The quantitative estimate of drug-likeness (QED) is 0.772. The Morgan fingerprint density at radius 1 is 1.50 bits per heavy atom. The van der Waals surface area contributed by atoms with Crippen LogP contribution in [0.15, 0.2) is 11.7 Å². The topological polar surface area (TPSA) is 45.1 Å². The van der Waals surface area contributed by atoms with Gasteiger partial charge in [0, 0.05) is 35.7 Å². The van der Waals surface area contributed by atoms with Crippen molar-refractivity contribution in [3.05, 3.63) is 16.6 Å². The van der Waals surface area contributed by atoms with Gasteiger partial charge in [0.15, 0.2) is 0 Å². The zero-order valence-electron chi connectivity index (χ0n) is 10.4. The summed E-state index contributed by atoms with van der Waals surface area (Å²) in [6.45, 7) is 7.52. The van der Waals surface area contributed by atoms with Crippen molar-refractivity contribution in [1.29, 1.82) is 0 Å². The molecule has 0 aliphatic heterocycles. The molecule has 0 radical (unpaired) electrons. The Kier molecular flexibility index (Phi) is 5.38. The lowest BCUT2D eigenvalue weighted by atomic mass is 9.83. The third kappa shape index (κ3) is 3.27. The van der Waals surface area contributed by atoms with Crippen LogP contribution in [0.4, 0.5) is 0 Å². The zero-order chi connectivity index (χ0) is 12.0. The Balaban J connectivity index is 2.49. The Morgan fingerprint density at radius 3 is 2.62 bits per heavy atom. The van der Waals surface area contributed by atoms with Gasteiger partial charge in [0.25, 0.3) is 0 Å². The molecule has 0 spiro atoms. The minimum atomic E-state index is 0.0267. The van der Waals surface area contributed by atoms with E-state index in [1.165, 1.54) is 4.88 Å². The summed E-state index contributed by atoms with van der Waals surface area (Å²) in [5.41, 5.74) is 1.88. The van der Waals surface area contributed by atoms with Crippen LogP contribution in [0.3, 0.4) is 0 Å². The smallest absolute Gasteiger partial charge is 0.0794 e. The molecule has 0 aliphatic carbocycles. The van der Waals surface area contributed by atoms with E-state index in [4.69, 9.17) is 0 Å². The van der Waals surface area contributed by atoms with Gasteiger partial charge in [-0.3, -0.25) is 4.98 Å². The van der Waals surface area contributed by atoms with Crippen molar-refractivity contribution in [2.24, 2.45) is 5.41 Å². The first-order valence-corrected chi connectivity index (χ1v) is 6.78. The molecule has 0 bridgehead atoms. The molecule has 0 amide bonds. The predicted octanol–water partition coefficient (Wildman–Crippen LogP) is 2.59. The van der Waals surface area contributed by atoms with Gasteiger partial charge in [-0.2, -0.15) is 0 Å². The SMILES string of the molecule is CCC(CC)(CO)CNC(C)c1cncs1. The summed E-state index contributed by atoms with van der Waals surface area (Å²) in [6, 6.07) is 0.316. The number of aliphatic hydroxyl groups excluding tert-OH is 1. The molecule has 0 fully saturated rings. The van der Waals surface area contributed by atoms with Crippen molar-refractivity contribution in [2.45, 2.75) is 39.7 Å². The maximum atomic E-state index is 9.47. The molecule has 16 heavy (non-hydrogen) atoms. The molecule has 1 rings (SSSR count). The van der Waals surface area contributed by atoms with Gasteiger partial charge >= 0.3 is 0 Å². The number of nitrogens with zero attached hydrogens (tertiary/aromatic N) is 1. The molecule has 0 aromatic carbocycles. The number of rotatable bonds is 7. The van der Waals surface area contributed by atoms with E-state index in [2.05, 4.69) is 31.1 Å². The summed E-state index contributed by atoms with van der Waals surface area (Å²) in [6.07, 6.45) is 3.91. The Hall–Kier alpha value is -0.450. The average Bonchev–Trinajstić information content (AvgIpc) is 2.85. The molecule has 92 valence electrons. The maximum absolute atomic E-state index is 9.47. The second kappa shape index (κ2) is 6.33. The molecule has 0 saturated heterocycles. The molecular weight excluding hydrogens is 220 g/mol. The predicted molar refractivity (Wildman–Crippen MR) is 68.6 cm³/mol. The van der Waals surface area contributed by atoms with Gasteiger partial charge in [-0.05, 0) is 19.8 Å². The van der Waals surface area contributed by atoms with Gasteiger partial charge in [0.1, 0.15) is 0 Å². The maximum Gasteiger partial charge on any atom is 0.0794 e. The number of hydrogen-bond donors (Lipinski definition) is 2. The summed E-state index contributed by atoms with van der Waals surface area (Å²) in [7, 11) is 0. The molecule has 4 heteroatoms. The fourth-order valence-electron chi connectivity index (χ4n) is 1.69. The number of aromatic nitrogens is 1. The lowest BCUT2D eigenvalue weighted by molar-refractivity contribution is 0.110. The highest BCUT2D eigenvalue weighted by Crippen LogP contribution is 2.26. The van der Waals surface area contributed by atoms with Crippen LogP contribution in [-0.2, 0) is 0 Å². The molecule has 1 heterocycles. The highest BCUT2D eigenvalue weighted by Gasteiger charge is 2.25. The first kappa shape index (κ1) is 13.6. The van der Waals surface area contributed by atoms with Crippen LogP contribution in [0, 0.1) is 5.41 Å². The normalized spacial score (nSPS) is 14.0. The van der Waals surface area contributed by atoms with Crippen LogP contribution in [-0.4, -0.2) is 23.2 Å². The van der Waals surface area contributed by atoms with Crippen molar-refractivity contribution in [1.82, 2.24) is 10.3 Å². The number of nitrogens with one attached hydrogen (secondary N) is 1. The third-order valence-corrected chi connectivity index (χ3v) is 4.46. The van der Waals surface area contributed by atoms with Gasteiger partial charge in [0.05, 0.1) is 5.51 Å². The summed E-state index contributed by atoms with van der Waals surface area (Å²) in [5.74, 6) is 0. The van der Waals surface area contributed by atoms with Crippen LogP contribution in [0.5, 0.6) is 0 Å². The zero-order valence-corrected chi connectivity index (χ0v) is 11.2. The van der Waals surface area contributed by atoms with Crippen LogP contribution >= 0.6 is 11.3 Å². The van der Waals surface area contributed by atoms with Gasteiger partial charge in [-0.25, -0.2) is 0 Å². The number of aliphatic hydroxyl groups is 1. The minimum Gasteiger partial charge on any atom is -0.396 e. The van der Waals surface area contributed by atoms with Crippen molar-refractivity contribution >= 4 is 11.3 Å². The van der Waals surface area contributed by atoms with Crippen molar-refractivity contribution in [3.63, 3.8) is 0 Å². The lowest BCUT2D eigenvalue weighted by Gasteiger charge is -2.31. The van der Waals surface area contributed by atoms with Gasteiger partial charge in [-0.15, -0.1) is 11.3 Å². The van der Waals surface area contributed by atoms with Crippen LogP contribution < -0.4 is 5.32 Å². The summed E-state index contributed by atoms with van der Waals surface area (Å²) in [4.78, 5) is 5.33. The highest BCUT2D eigenvalue weighted by atomic mass is 32.1. The van der Waals surface area contributed by atoms with E-state index >= 15 is 0 Å². The third-order valence-electron chi connectivity index (χ3n) is 3.50. The largest absolute Gasteiger partial charge is 0.396 e. The van der Waals surface area contributed by atoms with E-state index in [1.54, 1.807) is 11.3 Å². The molecule has 1 atom stereocenters. The summed E-state index contributed by atoms with van der Waals surface area (Å²) >= 11 is 1.67. The molecule has 1 aromatic heterocycles. The molecule has 0 aliphatic rings. The van der Waals surface area contributed by atoms with Crippen LogP contribution in [0.25, 0.3) is 0 Å². The van der Waals surface area contributed by atoms with Crippen molar-refractivity contribution < 1.29 is 5.11 Å². The first-order chi connectivity index (χ1) is 7.67. The van der Waals surface area contributed by atoms with Crippen molar-refractivity contribution in [2.75, 3.05) is 13.2 Å². The summed E-state index contributed by atoms with van der Waals surface area (Å²) < 4.78 is 0. The van der Waals surface area contributed by atoms with Gasteiger partial charge in [0.2, 0.25) is 0 Å². The lowest BCUT2D eigenvalue weighted by Crippen LogP contribution is -2.37. The van der Waals surface area contributed by atoms with Gasteiger partial charge < -0.3 is 10.4 Å². The number of thiazole rings is 1. The first-order valence-electron chi connectivity index (χ1n) is 5.90. The van der Waals surface area contributed by atoms with E-state index in [-0.39, 0.29) is 12.0 Å². The molecule has 2 N–H and O–H groups in total. The monoisotopic (exact) mass is 242 g/mol. The summed E-state index contributed by atoms with van der Waals surface area (Å²) in [5, 5.41) is 13.0. The van der Waals surface area contributed by atoms with E-state index in [1.807, 2.05) is 11.7 Å². The molecular formula is C12H22N2OS. The Bertz CT molecular complexity index is 275. The van der Waals surface area contributed by atoms with E-state index in [0.29, 0.717) is 6.04 Å². The van der Waals surface area contributed by atoms with E-state index < -0.39 is 0 Å². The average molecular weight is 242 g/mol. The molecule has 1 unspecified atom stereocenters. The minimum absolute atomic E-state index is 0.0267. The Labute approximate surface area is 102 Å². The van der Waals surface area contributed by atoms with Crippen LogP contribution in [0.1, 0.15) is 44.5 Å². The molecule has 1 aromatic rings. The fraction of sp³-hybridized carbons (Fsp3) is 0.750. The standard InChI is InChI=1S/C12H22N2OS/c1-4-12(5-2,8-15)7-14-10(3)11-6-13-9-16-11/h6,9-10,14-15H,4-5,7-8H2,1-3H3. The van der Waals surface area contributed by atoms with Crippen LogP contribution in [0.2, 0.25) is 0 Å². The highest BCUT2D eigenvalue weighted by molar-refractivity contribution is 7.09. The molecule has 3 nitrogen and oxygen atoms in total.